The van der Waals surface area contributed by atoms with Gasteiger partial charge in [0.05, 0.1) is 28.8 Å². The molecule has 1 aliphatic heterocycles. The monoisotopic (exact) mass is 463 g/mol. The number of esters is 1. The lowest BCUT2D eigenvalue weighted by molar-refractivity contribution is 0.0235. The standard InChI is InChI=1S/C25H29N5O4/c1-13-14(2)33-24(31)16-7-8-20(30-22(13)16)29-21-9-17-18(10-27-21)23(34-15-5-6-15)28-11-19(17)25(3,26)12-32-4/h7-11,13-15H,5-6,12,26H2,1-4H3,(H,27,29,30)/t13-,14+,25+/m0/s1. The fraction of sp³-hybridized carbons (Fsp3) is 0.440. The van der Waals surface area contributed by atoms with Gasteiger partial charge in [-0.1, -0.05) is 6.92 Å². The van der Waals surface area contributed by atoms with Crippen molar-refractivity contribution < 1.29 is 19.0 Å². The van der Waals surface area contributed by atoms with E-state index < -0.39 is 5.54 Å². The van der Waals surface area contributed by atoms with Gasteiger partial charge in [-0.3, -0.25) is 0 Å². The van der Waals surface area contributed by atoms with E-state index in [4.69, 9.17) is 24.9 Å². The van der Waals surface area contributed by atoms with Crippen LogP contribution in [0.15, 0.2) is 30.6 Å². The Morgan fingerprint density at radius 3 is 2.71 bits per heavy atom. The van der Waals surface area contributed by atoms with Gasteiger partial charge in [0.15, 0.2) is 0 Å². The maximum Gasteiger partial charge on any atom is 0.340 e. The van der Waals surface area contributed by atoms with Crippen LogP contribution in [-0.2, 0) is 15.0 Å². The highest BCUT2D eigenvalue weighted by molar-refractivity contribution is 5.93. The van der Waals surface area contributed by atoms with Crippen LogP contribution >= 0.6 is 0 Å². The normalized spacial score (nSPS) is 21.5. The molecule has 3 N–H and O–H groups in total. The fourth-order valence-electron chi connectivity index (χ4n) is 4.20. The SMILES string of the molecule is COC[C@@](C)(N)c1cnc(OC2CC2)c2cnc(Nc3ccc4c(n3)[C@@H](C)[C@@H](C)OC4=O)cc12. The molecule has 4 heterocycles. The van der Waals surface area contributed by atoms with Crippen LogP contribution < -0.4 is 15.8 Å². The molecule has 9 nitrogen and oxygen atoms in total. The molecule has 5 rings (SSSR count). The first kappa shape index (κ1) is 22.5. The molecule has 34 heavy (non-hydrogen) atoms. The third kappa shape index (κ3) is 4.17. The van der Waals surface area contributed by atoms with E-state index in [0.29, 0.717) is 35.4 Å². The zero-order valence-corrected chi connectivity index (χ0v) is 19.8. The number of aromatic nitrogens is 3. The maximum absolute atomic E-state index is 12.2. The minimum absolute atomic E-state index is 0.00851. The Bertz CT molecular complexity index is 1260. The molecule has 1 saturated carbocycles. The van der Waals surface area contributed by atoms with E-state index in [0.717, 1.165) is 29.2 Å². The molecule has 1 fully saturated rings. The second-order valence-corrected chi connectivity index (χ2v) is 9.41. The zero-order chi connectivity index (χ0) is 24.0. The molecular formula is C25H29N5O4. The van der Waals surface area contributed by atoms with Crippen molar-refractivity contribution in [3.63, 3.8) is 0 Å². The number of cyclic esters (lactones) is 1. The highest BCUT2D eigenvalue weighted by Gasteiger charge is 2.32. The average Bonchev–Trinajstić information content (AvgIpc) is 3.61. The number of carbonyl (C=O) groups is 1. The van der Waals surface area contributed by atoms with Crippen LogP contribution in [0.5, 0.6) is 5.88 Å². The number of pyridine rings is 3. The quantitative estimate of drug-likeness (QED) is 0.504. The van der Waals surface area contributed by atoms with E-state index in [1.54, 1.807) is 31.6 Å². The minimum atomic E-state index is -0.757. The Kier molecular flexibility index (Phi) is 5.61. The lowest BCUT2D eigenvalue weighted by Crippen LogP contribution is -2.38. The van der Waals surface area contributed by atoms with Crippen molar-refractivity contribution in [2.75, 3.05) is 19.0 Å². The average molecular weight is 464 g/mol. The number of rotatable bonds is 7. The highest BCUT2D eigenvalue weighted by Crippen LogP contribution is 2.36. The van der Waals surface area contributed by atoms with Crippen LogP contribution in [0.1, 0.15) is 61.1 Å². The summed E-state index contributed by atoms with van der Waals surface area (Å²) in [5.74, 6) is 1.39. The Balaban J connectivity index is 1.54. The van der Waals surface area contributed by atoms with Crippen molar-refractivity contribution in [2.24, 2.45) is 5.73 Å². The van der Waals surface area contributed by atoms with Gasteiger partial charge in [0, 0.05) is 31.0 Å². The molecule has 0 unspecified atom stereocenters. The smallest absolute Gasteiger partial charge is 0.340 e. The highest BCUT2D eigenvalue weighted by atomic mass is 16.5. The van der Waals surface area contributed by atoms with Gasteiger partial charge in [-0.2, -0.15) is 0 Å². The zero-order valence-electron chi connectivity index (χ0n) is 19.8. The Labute approximate surface area is 198 Å². The van der Waals surface area contributed by atoms with E-state index >= 15 is 0 Å². The molecule has 0 saturated heterocycles. The predicted molar refractivity (Wildman–Crippen MR) is 127 cm³/mol. The van der Waals surface area contributed by atoms with Gasteiger partial charge in [-0.15, -0.1) is 0 Å². The second-order valence-electron chi connectivity index (χ2n) is 9.41. The fourth-order valence-corrected chi connectivity index (χ4v) is 4.20. The molecule has 3 atom stereocenters. The Morgan fingerprint density at radius 1 is 1.18 bits per heavy atom. The lowest BCUT2D eigenvalue weighted by atomic mass is 9.91. The summed E-state index contributed by atoms with van der Waals surface area (Å²) in [5.41, 5.74) is 7.89. The van der Waals surface area contributed by atoms with Gasteiger partial charge in [-0.25, -0.2) is 19.7 Å². The summed E-state index contributed by atoms with van der Waals surface area (Å²) in [4.78, 5) is 26.1. The first-order valence-electron chi connectivity index (χ1n) is 11.5. The summed E-state index contributed by atoms with van der Waals surface area (Å²) >= 11 is 0. The number of nitrogens with two attached hydrogens (primary N) is 1. The topological polar surface area (TPSA) is 121 Å². The van der Waals surface area contributed by atoms with Crippen LogP contribution in [0.4, 0.5) is 11.6 Å². The molecule has 0 aromatic carbocycles. The van der Waals surface area contributed by atoms with Crippen molar-refractivity contribution >= 4 is 28.4 Å². The summed E-state index contributed by atoms with van der Waals surface area (Å²) in [5, 5.41) is 4.95. The van der Waals surface area contributed by atoms with Gasteiger partial charge < -0.3 is 25.3 Å². The third-order valence-electron chi connectivity index (χ3n) is 6.43. The number of hydrogen-bond donors (Lipinski definition) is 2. The molecule has 0 bridgehead atoms. The number of carbonyl (C=O) groups excluding carboxylic acids is 1. The van der Waals surface area contributed by atoms with Gasteiger partial charge in [0.25, 0.3) is 0 Å². The molecule has 0 amide bonds. The van der Waals surface area contributed by atoms with Crippen LogP contribution in [-0.4, -0.2) is 46.8 Å². The van der Waals surface area contributed by atoms with Crippen LogP contribution in [0.25, 0.3) is 10.8 Å². The Hall–Kier alpha value is -3.30. The van der Waals surface area contributed by atoms with E-state index in [-0.39, 0.29) is 24.1 Å². The number of anilines is 2. The van der Waals surface area contributed by atoms with Crippen molar-refractivity contribution in [3.05, 3.63) is 47.4 Å². The van der Waals surface area contributed by atoms with Crippen LogP contribution in [0, 0.1) is 0 Å². The molecule has 0 radical (unpaired) electrons. The minimum Gasteiger partial charge on any atom is -0.474 e. The molecule has 178 valence electrons. The summed E-state index contributed by atoms with van der Waals surface area (Å²) in [7, 11) is 1.62. The van der Waals surface area contributed by atoms with E-state index in [1.807, 2.05) is 26.8 Å². The van der Waals surface area contributed by atoms with E-state index in [1.165, 1.54) is 0 Å². The maximum atomic E-state index is 12.2. The second kappa shape index (κ2) is 8.48. The number of ether oxygens (including phenoxy) is 3. The molecule has 3 aromatic heterocycles. The third-order valence-corrected chi connectivity index (χ3v) is 6.43. The number of fused-ring (bicyclic) bond motifs is 2. The number of nitrogens with zero attached hydrogens (tertiary/aromatic N) is 3. The van der Waals surface area contributed by atoms with Crippen LogP contribution in [0.2, 0.25) is 0 Å². The predicted octanol–water partition coefficient (Wildman–Crippen LogP) is 3.79. The van der Waals surface area contributed by atoms with E-state index in [9.17, 15) is 4.79 Å². The van der Waals surface area contributed by atoms with Gasteiger partial charge in [0.1, 0.15) is 23.8 Å². The number of hydrogen-bond acceptors (Lipinski definition) is 9. The number of nitrogens with one attached hydrogen (secondary N) is 1. The molecule has 9 heteroatoms. The first-order valence-corrected chi connectivity index (χ1v) is 11.5. The van der Waals surface area contributed by atoms with Gasteiger partial charge in [0.2, 0.25) is 5.88 Å². The molecular weight excluding hydrogens is 434 g/mol. The van der Waals surface area contributed by atoms with Crippen molar-refractivity contribution in [3.8, 4) is 5.88 Å². The molecule has 0 spiro atoms. The summed E-state index contributed by atoms with van der Waals surface area (Å²) < 4.78 is 16.8. The van der Waals surface area contributed by atoms with Crippen molar-refractivity contribution in [2.45, 2.75) is 57.3 Å². The van der Waals surface area contributed by atoms with Crippen molar-refractivity contribution in [1.82, 2.24) is 15.0 Å². The van der Waals surface area contributed by atoms with Crippen LogP contribution in [0.3, 0.4) is 0 Å². The summed E-state index contributed by atoms with van der Waals surface area (Å²) in [6.07, 6.45) is 5.54. The first-order chi connectivity index (χ1) is 16.3. The molecule has 3 aromatic rings. The van der Waals surface area contributed by atoms with E-state index in [2.05, 4.69) is 15.3 Å². The molecule has 1 aliphatic carbocycles. The Morgan fingerprint density at radius 2 is 1.97 bits per heavy atom. The van der Waals surface area contributed by atoms with Gasteiger partial charge >= 0.3 is 5.97 Å². The largest absolute Gasteiger partial charge is 0.474 e. The van der Waals surface area contributed by atoms with Crippen molar-refractivity contribution in [1.29, 1.82) is 0 Å². The van der Waals surface area contributed by atoms with Gasteiger partial charge in [-0.05, 0) is 50.3 Å². The number of methoxy groups -OCH3 is 1. The summed E-state index contributed by atoms with van der Waals surface area (Å²) in [6.45, 7) is 6.11. The summed E-state index contributed by atoms with van der Waals surface area (Å²) in [6, 6.07) is 5.42. The molecule has 2 aliphatic rings. The lowest BCUT2D eigenvalue weighted by Gasteiger charge is -2.27.